The van der Waals surface area contributed by atoms with Crippen molar-refractivity contribution in [2.45, 2.75) is 72.0 Å². The van der Waals surface area contributed by atoms with Gasteiger partial charge >= 0.3 is 0 Å². The molecule has 0 unspecified atom stereocenters. The van der Waals surface area contributed by atoms with Crippen molar-refractivity contribution in [1.29, 1.82) is 5.26 Å². The van der Waals surface area contributed by atoms with Gasteiger partial charge in [0.15, 0.2) is 0 Å². The average Bonchev–Trinajstić information content (AvgIpc) is 2.98. The molecule has 0 bridgehead atoms. The molecule has 0 spiro atoms. The van der Waals surface area contributed by atoms with Crippen LogP contribution in [0.15, 0.2) is 30.3 Å². The van der Waals surface area contributed by atoms with Crippen LogP contribution in [-0.4, -0.2) is 5.60 Å². The molecule has 3 nitrogen and oxygen atoms in total. The number of hydrogen-bond acceptors (Lipinski definition) is 3. The summed E-state index contributed by atoms with van der Waals surface area (Å²) in [5.74, 6) is 2.00. The Kier molecular flexibility index (Phi) is 5.75. The highest BCUT2D eigenvalue weighted by molar-refractivity contribution is 5.61. The van der Waals surface area contributed by atoms with E-state index in [-0.39, 0.29) is 5.60 Å². The highest BCUT2D eigenvalue weighted by Gasteiger charge is 2.36. The smallest absolute Gasteiger partial charge is 0.127 e. The summed E-state index contributed by atoms with van der Waals surface area (Å²) >= 11 is 0. The van der Waals surface area contributed by atoms with Gasteiger partial charge in [-0.2, -0.15) is 5.26 Å². The molecule has 1 aliphatic heterocycles. The van der Waals surface area contributed by atoms with Crippen molar-refractivity contribution >= 4 is 0 Å². The molecule has 27 heavy (non-hydrogen) atoms. The fourth-order valence-electron chi connectivity index (χ4n) is 3.95. The summed E-state index contributed by atoms with van der Waals surface area (Å²) in [5.41, 5.74) is 5.78. The second-order valence-corrected chi connectivity index (χ2v) is 7.94. The molecule has 2 aromatic rings. The molecule has 0 N–H and O–H groups in total. The summed E-state index contributed by atoms with van der Waals surface area (Å²) in [7, 11) is 0. The van der Waals surface area contributed by atoms with Gasteiger partial charge < -0.3 is 9.47 Å². The predicted molar refractivity (Wildman–Crippen MR) is 108 cm³/mol. The number of hydrogen-bond donors (Lipinski definition) is 0. The molecular formula is C24H29NO2. The maximum Gasteiger partial charge on any atom is 0.127 e. The van der Waals surface area contributed by atoms with Gasteiger partial charge in [-0.05, 0) is 44.7 Å². The van der Waals surface area contributed by atoms with Gasteiger partial charge in [-0.1, -0.05) is 43.7 Å². The van der Waals surface area contributed by atoms with Crippen molar-refractivity contribution in [3.05, 3.63) is 58.1 Å². The highest BCUT2D eigenvalue weighted by atomic mass is 16.5. The Balaban J connectivity index is 2.06. The molecule has 0 saturated carbocycles. The summed E-state index contributed by atoms with van der Waals surface area (Å²) in [6.45, 7) is 9.15. The second kappa shape index (κ2) is 8.05. The molecule has 1 heterocycles. The summed E-state index contributed by atoms with van der Waals surface area (Å²) in [5, 5.41) is 9.15. The molecule has 3 rings (SSSR count). The van der Waals surface area contributed by atoms with Crippen LogP contribution in [-0.2, 0) is 25.9 Å². The number of fused-ring (bicyclic) bond motifs is 1. The number of rotatable bonds is 7. The fourth-order valence-corrected chi connectivity index (χ4v) is 3.95. The van der Waals surface area contributed by atoms with E-state index in [4.69, 9.17) is 14.7 Å². The minimum atomic E-state index is -0.212. The van der Waals surface area contributed by atoms with Gasteiger partial charge in [0.2, 0.25) is 0 Å². The van der Waals surface area contributed by atoms with Crippen molar-refractivity contribution in [3.8, 4) is 17.6 Å². The molecule has 0 aliphatic carbocycles. The van der Waals surface area contributed by atoms with E-state index in [1.807, 2.05) is 18.2 Å². The zero-order valence-electron chi connectivity index (χ0n) is 16.9. The first kappa shape index (κ1) is 19.3. The van der Waals surface area contributed by atoms with Gasteiger partial charge in [0.25, 0.3) is 0 Å². The van der Waals surface area contributed by atoms with Crippen molar-refractivity contribution in [3.63, 3.8) is 0 Å². The van der Waals surface area contributed by atoms with Crippen LogP contribution in [0.3, 0.4) is 0 Å². The highest BCUT2D eigenvalue weighted by Crippen LogP contribution is 2.46. The lowest BCUT2D eigenvalue weighted by Crippen LogP contribution is -2.25. The van der Waals surface area contributed by atoms with Gasteiger partial charge in [0.1, 0.15) is 23.7 Å². The van der Waals surface area contributed by atoms with Crippen LogP contribution in [0.5, 0.6) is 11.5 Å². The molecular weight excluding hydrogens is 334 g/mol. The molecule has 3 heteroatoms. The van der Waals surface area contributed by atoms with Crippen molar-refractivity contribution < 1.29 is 9.47 Å². The normalized spacial score (nSPS) is 14.3. The van der Waals surface area contributed by atoms with Crippen molar-refractivity contribution in [1.82, 2.24) is 0 Å². The maximum absolute atomic E-state index is 9.15. The van der Waals surface area contributed by atoms with Crippen molar-refractivity contribution in [2.24, 2.45) is 0 Å². The Morgan fingerprint density at radius 3 is 2.56 bits per heavy atom. The van der Waals surface area contributed by atoms with Crippen LogP contribution in [0, 0.1) is 18.3 Å². The van der Waals surface area contributed by atoms with Gasteiger partial charge in [0.05, 0.1) is 6.07 Å². The molecule has 0 radical (unpaired) electrons. The van der Waals surface area contributed by atoms with E-state index in [0.717, 1.165) is 36.3 Å². The quantitative estimate of drug-likeness (QED) is 0.634. The molecule has 0 aromatic heterocycles. The van der Waals surface area contributed by atoms with E-state index in [2.05, 4.69) is 45.9 Å². The molecule has 1 aliphatic rings. The van der Waals surface area contributed by atoms with E-state index in [1.165, 1.54) is 22.3 Å². The molecule has 142 valence electrons. The largest absolute Gasteiger partial charge is 0.488 e. The SMILES string of the molecule is CCCc1c(CCC#N)c2c(c(C)c1OCc1ccccc1)CC(C)(C)O2. The maximum atomic E-state index is 9.15. The van der Waals surface area contributed by atoms with E-state index in [1.54, 1.807) is 0 Å². The van der Waals surface area contributed by atoms with Crippen LogP contribution >= 0.6 is 0 Å². The van der Waals surface area contributed by atoms with Crippen LogP contribution in [0.2, 0.25) is 0 Å². The minimum absolute atomic E-state index is 0.212. The summed E-state index contributed by atoms with van der Waals surface area (Å²) in [4.78, 5) is 0. The standard InChI is InChI=1S/C24H29NO2/c1-5-10-19-20(13-9-14-25)23-21(15-24(3,4)27-23)17(2)22(19)26-16-18-11-7-6-8-12-18/h6-8,11-12H,5,9-10,13,15-16H2,1-4H3. The van der Waals surface area contributed by atoms with Crippen LogP contribution < -0.4 is 9.47 Å². The minimum Gasteiger partial charge on any atom is -0.488 e. The second-order valence-electron chi connectivity index (χ2n) is 7.94. The lowest BCUT2D eigenvalue weighted by Gasteiger charge is -2.22. The Labute approximate surface area is 162 Å². The first-order valence-electron chi connectivity index (χ1n) is 9.86. The fraction of sp³-hybridized carbons (Fsp3) is 0.458. The third-order valence-corrected chi connectivity index (χ3v) is 5.17. The molecule has 0 amide bonds. The Morgan fingerprint density at radius 1 is 1.15 bits per heavy atom. The average molecular weight is 364 g/mol. The molecule has 0 fully saturated rings. The first-order valence-corrected chi connectivity index (χ1v) is 9.86. The Bertz CT molecular complexity index is 847. The van der Waals surface area contributed by atoms with Gasteiger partial charge in [-0.25, -0.2) is 0 Å². The first-order chi connectivity index (χ1) is 13.0. The van der Waals surface area contributed by atoms with E-state index in [9.17, 15) is 0 Å². The number of nitrogens with zero attached hydrogens (tertiary/aromatic N) is 1. The predicted octanol–water partition coefficient (Wildman–Crippen LogP) is 5.70. The molecule has 0 atom stereocenters. The van der Waals surface area contributed by atoms with Crippen LogP contribution in [0.25, 0.3) is 0 Å². The number of nitriles is 1. The van der Waals surface area contributed by atoms with Gasteiger partial charge in [-0.15, -0.1) is 0 Å². The summed E-state index contributed by atoms with van der Waals surface area (Å²) < 4.78 is 12.7. The lowest BCUT2D eigenvalue weighted by atomic mass is 9.89. The van der Waals surface area contributed by atoms with E-state index < -0.39 is 0 Å². The lowest BCUT2D eigenvalue weighted by molar-refractivity contribution is 0.137. The van der Waals surface area contributed by atoms with Crippen LogP contribution in [0.4, 0.5) is 0 Å². The van der Waals surface area contributed by atoms with Gasteiger partial charge in [-0.3, -0.25) is 0 Å². The Morgan fingerprint density at radius 2 is 1.89 bits per heavy atom. The van der Waals surface area contributed by atoms with Gasteiger partial charge in [0, 0.05) is 29.5 Å². The zero-order valence-corrected chi connectivity index (χ0v) is 16.9. The Hall–Kier alpha value is -2.47. The number of ether oxygens (including phenoxy) is 2. The monoisotopic (exact) mass is 363 g/mol. The van der Waals surface area contributed by atoms with Crippen LogP contribution in [0.1, 0.15) is 61.4 Å². The summed E-state index contributed by atoms with van der Waals surface area (Å²) in [6, 6.07) is 12.6. The van der Waals surface area contributed by atoms with E-state index in [0.29, 0.717) is 19.4 Å². The zero-order chi connectivity index (χ0) is 19.4. The summed E-state index contributed by atoms with van der Waals surface area (Å²) in [6.07, 6.45) is 4.05. The van der Waals surface area contributed by atoms with E-state index >= 15 is 0 Å². The third-order valence-electron chi connectivity index (χ3n) is 5.17. The number of benzene rings is 2. The molecule has 0 saturated heterocycles. The van der Waals surface area contributed by atoms with Crippen molar-refractivity contribution in [2.75, 3.05) is 0 Å². The third kappa shape index (κ3) is 4.11. The topological polar surface area (TPSA) is 42.2 Å². The molecule has 2 aromatic carbocycles.